The van der Waals surface area contributed by atoms with Crippen LogP contribution in [0.4, 0.5) is 17.5 Å². The largest absolute Gasteiger partial charge is 0.351 e. The molecule has 1 aromatic carbocycles. The molecule has 5 nitrogen and oxygen atoms in total. The second-order valence-corrected chi connectivity index (χ2v) is 7.10. The van der Waals surface area contributed by atoms with Gasteiger partial charge in [0.25, 0.3) is 0 Å². The van der Waals surface area contributed by atoms with Gasteiger partial charge in [-0.3, -0.25) is 4.98 Å². The number of hydrogen-bond donors (Lipinski definition) is 2. The van der Waals surface area contributed by atoms with E-state index in [0.717, 1.165) is 32.9 Å². The van der Waals surface area contributed by atoms with Gasteiger partial charge in [-0.05, 0) is 55.7 Å². The van der Waals surface area contributed by atoms with Crippen LogP contribution in [0, 0.1) is 6.92 Å². The third-order valence-electron chi connectivity index (χ3n) is 4.02. The van der Waals surface area contributed by atoms with Gasteiger partial charge < -0.3 is 10.6 Å². The normalized spacial score (nSPS) is 13.5. The molecule has 0 spiro atoms. The Balaban J connectivity index is 1.70. The molecule has 0 bridgehead atoms. The molecule has 0 atom stereocenters. The molecular formula is C19H18BrN5. The average molecular weight is 396 g/mol. The molecule has 2 N–H and O–H groups in total. The molecule has 1 aliphatic rings. The molecule has 0 aliphatic heterocycles. The van der Waals surface area contributed by atoms with E-state index in [9.17, 15) is 0 Å². The summed E-state index contributed by atoms with van der Waals surface area (Å²) in [6.45, 7) is 2.07. The highest BCUT2D eigenvalue weighted by Crippen LogP contribution is 2.28. The van der Waals surface area contributed by atoms with E-state index in [0.29, 0.717) is 12.0 Å². The molecule has 1 aliphatic carbocycles. The van der Waals surface area contributed by atoms with Crippen LogP contribution in [0.2, 0.25) is 0 Å². The van der Waals surface area contributed by atoms with Crippen molar-refractivity contribution >= 4 is 33.4 Å². The molecule has 6 heteroatoms. The summed E-state index contributed by atoms with van der Waals surface area (Å²) in [7, 11) is 0. The van der Waals surface area contributed by atoms with Gasteiger partial charge in [-0.15, -0.1) is 0 Å². The molecule has 0 saturated heterocycles. The number of halogens is 1. The minimum atomic E-state index is 0.487. The molecule has 25 heavy (non-hydrogen) atoms. The summed E-state index contributed by atoms with van der Waals surface area (Å²) in [5.74, 6) is 1.40. The Morgan fingerprint density at radius 1 is 1.04 bits per heavy atom. The van der Waals surface area contributed by atoms with Gasteiger partial charge in [0, 0.05) is 28.5 Å². The molecular weight excluding hydrogens is 378 g/mol. The first-order valence-corrected chi connectivity index (χ1v) is 9.07. The maximum Gasteiger partial charge on any atom is 0.225 e. The molecule has 0 amide bonds. The van der Waals surface area contributed by atoms with Crippen LogP contribution in [-0.2, 0) is 0 Å². The highest BCUT2D eigenvalue weighted by atomic mass is 79.9. The Kier molecular flexibility index (Phi) is 4.36. The molecule has 2 aromatic heterocycles. The molecule has 4 rings (SSSR count). The predicted octanol–water partition coefficient (Wildman–Crippen LogP) is 4.93. The van der Waals surface area contributed by atoms with Crippen LogP contribution < -0.4 is 10.6 Å². The third-order valence-corrected chi connectivity index (χ3v) is 4.51. The summed E-state index contributed by atoms with van der Waals surface area (Å²) in [5, 5.41) is 6.78. The summed E-state index contributed by atoms with van der Waals surface area (Å²) in [5.41, 5.74) is 3.80. The fourth-order valence-corrected chi connectivity index (χ4v) is 3.01. The van der Waals surface area contributed by atoms with Crippen molar-refractivity contribution < 1.29 is 0 Å². The van der Waals surface area contributed by atoms with Crippen LogP contribution >= 0.6 is 15.9 Å². The summed E-state index contributed by atoms with van der Waals surface area (Å²) in [6.07, 6.45) is 4.12. The fraction of sp³-hybridized carbons (Fsp3) is 0.211. The molecule has 2 heterocycles. The van der Waals surface area contributed by atoms with E-state index in [1.165, 1.54) is 12.8 Å². The molecule has 0 unspecified atom stereocenters. The zero-order chi connectivity index (χ0) is 17.2. The van der Waals surface area contributed by atoms with Gasteiger partial charge in [0.2, 0.25) is 5.95 Å². The number of aromatic nitrogens is 3. The second kappa shape index (κ2) is 6.80. The predicted molar refractivity (Wildman–Crippen MR) is 104 cm³/mol. The van der Waals surface area contributed by atoms with Gasteiger partial charge in [-0.25, -0.2) is 4.98 Å². The van der Waals surface area contributed by atoms with Gasteiger partial charge in [0.1, 0.15) is 5.82 Å². The zero-order valence-electron chi connectivity index (χ0n) is 13.8. The Hall–Kier alpha value is -2.47. The number of hydrogen-bond acceptors (Lipinski definition) is 5. The van der Waals surface area contributed by atoms with Crippen molar-refractivity contribution in [2.24, 2.45) is 0 Å². The van der Waals surface area contributed by atoms with E-state index in [-0.39, 0.29) is 0 Å². The van der Waals surface area contributed by atoms with Crippen LogP contribution in [-0.4, -0.2) is 21.0 Å². The quantitative estimate of drug-likeness (QED) is 0.641. The van der Waals surface area contributed by atoms with Crippen molar-refractivity contribution in [1.82, 2.24) is 15.0 Å². The third kappa shape index (κ3) is 3.96. The van der Waals surface area contributed by atoms with Gasteiger partial charge in [-0.1, -0.05) is 22.0 Å². The second-order valence-electron chi connectivity index (χ2n) is 6.18. The average Bonchev–Trinajstić information content (AvgIpc) is 3.42. The SMILES string of the molecule is Cc1cc(Br)ccc1Nc1cc(-c2ccccn2)nc(NC2CC2)n1. The fourth-order valence-electron chi connectivity index (χ4n) is 2.54. The highest BCUT2D eigenvalue weighted by Gasteiger charge is 2.22. The van der Waals surface area contributed by atoms with E-state index in [4.69, 9.17) is 0 Å². The van der Waals surface area contributed by atoms with Crippen molar-refractivity contribution in [3.05, 3.63) is 58.7 Å². The van der Waals surface area contributed by atoms with E-state index in [1.54, 1.807) is 6.20 Å². The first-order valence-electron chi connectivity index (χ1n) is 8.27. The molecule has 1 fully saturated rings. The van der Waals surface area contributed by atoms with Gasteiger partial charge in [-0.2, -0.15) is 4.98 Å². The van der Waals surface area contributed by atoms with E-state index < -0.39 is 0 Å². The number of benzene rings is 1. The minimum Gasteiger partial charge on any atom is -0.351 e. The highest BCUT2D eigenvalue weighted by molar-refractivity contribution is 9.10. The lowest BCUT2D eigenvalue weighted by Gasteiger charge is -2.12. The zero-order valence-corrected chi connectivity index (χ0v) is 15.4. The number of pyridine rings is 1. The molecule has 126 valence electrons. The van der Waals surface area contributed by atoms with Crippen LogP contribution in [0.15, 0.2) is 53.1 Å². The summed E-state index contributed by atoms with van der Waals surface area (Å²) in [6, 6.07) is 14.4. The van der Waals surface area contributed by atoms with Crippen molar-refractivity contribution in [2.45, 2.75) is 25.8 Å². The number of aryl methyl sites for hydroxylation is 1. The first-order chi connectivity index (χ1) is 12.2. The van der Waals surface area contributed by atoms with E-state index in [1.807, 2.05) is 36.4 Å². The van der Waals surface area contributed by atoms with Crippen LogP contribution in [0.5, 0.6) is 0 Å². The number of anilines is 3. The molecule has 0 radical (unpaired) electrons. The summed E-state index contributed by atoms with van der Waals surface area (Å²) >= 11 is 3.50. The summed E-state index contributed by atoms with van der Waals surface area (Å²) in [4.78, 5) is 13.7. The minimum absolute atomic E-state index is 0.487. The lowest BCUT2D eigenvalue weighted by molar-refractivity contribution is 1.05. The lowest BCUT2D eigenvalue weighted by atomic mass is 10.2. The van der Waals surface area contributed by atoms with Crippen LogP contribution in [0.3, 0.4) is 0 Å². The molecule has 3 aromatic rings. The van der Waals surface area contributed by atoms with E-state index in [2.05, 4.69) is 54.5 Å². The Morgan fingerprint density at radius 2 is 1.92 bits per heavy atom. The number of nitrogens with zero attached hydrogens (tertiary/aromatic N) is 3. The van der Waals surface area contributed by atoms with Crippen LogP contribution in [0.1, 0.15) is 18.4 Å². The van der Waals surface area contributed by atoms with Crippen molar-refractivity contribution in [3.8, 4) is 11.4 Å². The van der Waals surface area contributed by atoms with E-state index >= 15 is 0 Å². The first kappa shape index (κ1) is 16.0. The topological polar surface area (TPSA) is 62.7 Å². The van der Waals surface area contributed by atoms with Crippen molar-refractivity contribution in [2.75, 3.05) is 10.6 Å². The smallest absolute Gasteiger partial charge is 0.225 e. The lowest BCUT2D eigenvalue weighted by Crippen LogP contribution is -2.08. The maximum atomic E-state index is 4.63. The molecule has 1 saturated carbocycles. The maximum absolute atomic E-state index is 4.63. The monoisotopic (exact) mass is 395 g/mol. The van der Waals surface area contributed by atoms with Gasteiger partial charge in [0.05, 0.1) is 11.4 Å². The Labute approximate surface area is 155 Å². The number of rotatable bonds is 5. The van der Waals surface area contributed by atoms with Gasteiger partial charge in [0.15, 0.2) is 0 Å². The summed E-state index contributed by atoms with van der Waals surface area (Å²) < 4.78 is 1.06. The van der Waals surface area contributed by atoms with Crippen LogP contribution in [0.25, 0.3) is 11.4 Å². The van der Waals surface area contributed by atoms with Crippen molar-refractivity contribution in [3.63, 3.8) is 0 Å². The Morgan fingerprint density at radius 3 is 2.64 bits per heavy atom. The standard InChI is InChI=1S/C19H18BrN5/c1-12-10-13(20)5-8-15(12)23-18-11-17(16-4-2-3-9-21-16)24-19(25-18)22-14-6-7-14/h2-5,8-11,14H,6-7H2,1H3,(H2,22,23,24,25). The van der Waals surface area contributed by atoms with Gasteiger partial charge >= 0.3 is 0 Å². The van der Waals surface area contributed by atoms with Crippen molar-refractivity contribution in [1.29, 1.82) is 0 Å². The number of nitrogens with one attached hydrogen (secondary N) is 2. The Bertz CT molecular complexity index is 894.